The highest BCUT2D eigenvalue weighted by atomic mass is 32.2. The number of sulfonamides is 1. The van der Waals surface area contributed by atoms with Gasteiger partial charge < -0.3 is 5.32 Å². The summed E-state index contributed by atoms with van der Waals surface area (Å²) in [6, 6.07) is 1.76. The highest BCUT2D eigenvalue weighted by Crippen LogP contribution is 2.32. The first-order valence-electron chi connectivity index (χ1n) is 6.78. The fourth-order valence-corrected chi connectivity index (χ4v) is 5.04. The van der Waals surface area contributed by atoms with E-state index in [4.69, 9.17) is 0 Å². The predicted molar refractivity (Wildman–Crippen MR) is 71.3 cm³/mol. The highest BCUT2D eigenvalue weighted by molar-refractivity contribution is 7.89. The smallest absolute Gasteiger partial charge is 0.260 e. The number of nitrogens with zero attached hydrogens (tertiary/aromatic N) is 3. The van der Waals surface area contributed by atoms with Crippen LogP contribution in [0.5, 0.6) is 0 Å². The summed E-state index contributed by atoms with van der Waals surface area (Å²) < 4.78 is 28.9. The van der Waals surface area contributed by atoms with Gasteiger partial charge in [0, 0.05) is 25.2 Å². The molecule has 6 nitrogen and oxygen atoms in total. The maximum absolute atomic E-state index is 12.8. The molecule has 0 amide bonds. The lowest BCUT2D eigenvalue weighted by Gasteiger charge is -2.23. The molecule has 2 saturated heterocycles. The van der Waals surface area contributed by atoms with E-state index in [1.165, 1.54) is 0 Å². The summed E-state index contributed by atoms with van der Waals surface area (Å²) in [6.07, 6.45) is 2.51. The second-order valence-corrected chi connectivity index (χ2v) is 7.44. The van der Waals surface area contributed by atoms with E-state index in [-0.39, 0.29) is 12.1 Å². The molecule has 3 rings (SSSR count). The van der Waals surface area contributed by atoms with E-state index in [1.54, 1.807) is 21.3 Å². The molecule has 0 aliphatic carbocycles. The molecule has 2 fully saturated rings. The van der Waals surface area contributed by atoms with Crippen LogP contribution in [0.1, 0.15) is 26.3 Å². The molecule has 106 valence electrons. The lowest BCUT2D eigenvalue weighted by Crippen LogP contribution is -2.40. The molecular formula is C12H20N4O2S. The molecule has 0 saturated carbocycles. The Labute approximate surface area is 113 Å². The van der Waals surface area contributed by atoms with Gasteiger partial charge in [-0.05, 0) is 38.8 Å². The van der Waals surface area contributed by atoms with Gasteiger partial charge in [-0.25, -0.2) is 8.42 Å². The van der Waals surface area contributed by atoms with Crippen molar-refractivity contribution in [1.29, 1.82) is 0 Å². The monoisotopic (exact) mass is 284 g/mol. The van der Waals surface area contributed by atoms with Crippen LogP contribution in [0, 0.1) is 5.92 Å². The van der Waals surface area contributed by atoms with E-state index in [0.29, 0.717) is 17.5 Å². The van der Waals surface area contributed by atoms with Crippen LogP contribution in [-0.2, 0) is 10.0 Å². The lowest BCUT2D eigenvalue weighted by atomic mass is 10.1. The van der Waals surface area contributed by atoms with Crippen molar-refractivity contribution in [2.75, 3.05) is 19.6 Å². The van der Waals surface area contributed by atoms with E-state index in [1.807, 2.05) is 13.8 Å². The van der Waals surface area contributed by atoms with Crippen LogP contribution in [-0.4, -0.2) is 48.2 Å². The average Bonchev–Trinajstić information content (AvgIpc) is 3.04. The number of hydrogen-bond donors (Lipinski definition) is 1. The second-order valence-electron chi connectivity index (χ2n) is 5.60. The van der Waals surface area contributed by atoms with Crippen LogP contribution in [0.15, 0.2) is 17.3 Å². The normalized spacial score (nSPS) is 28.2. The molecule has 1 aromatic heterocycles. The summed E-state index contributed by atoms with van der Waals surface area (Å²) in [7, 11) is -3.43. The van der Waals surface area contributed by atoms with Gasteiger partial charge in [0.25, 0.3) is 10.0 Å². The van der Waals surface area contributed by atoms with Gasteiger partial charge in [-0.1, -0.05) is 0 Å². The Morgan fingerprint density at radius 3 is 2.95 bits per heavy atom. The Morgan fingerprint density at radius 2 is 2.21 bits per heavy atom. The van der Waals surface area contributed by atoms with Crippen molar-refractivity contribution in [3.63, 3.8) is 0 Å². The molecule has 2 aliphatic rings. The largest absolute Gasteiger partial charge is 0.315 e. The van der Waals surface area contributed by atoms with Crippen LogP contribution < -0.4 is 5.32 Å². The van der Waals surface area contributed by atoms with Gasteiger partial charge in [-0.15, -0.1) is 0 Å². The molecule has 0 bridgehead atoms. The number of aromatic nitrogens is 2. The Bertz CT molecular complexity index is 566. The van der Waals surface area contributed by atoms with Crippen LogP contribution in [0.4, 0.5) is 0 Å². The Morgan fingerprint density at radius 1 is 1.42 bits per heavy atom. The maximum Gasteiger partial charge on any atom is 0.260 e. The van der Waals surface area contributed by atoms with Crippen LogP contribution in [0.25, 0.3) is 0 Å². The first-order chi connectivity index (χ1) is 9.01. The SMILES string of the molecule is CC(C)n1nccc1S(=O)(=O)N1CCC2CNCC21. The van der Waals surface area contributed by atoms with Crippen molar-refractivity contribution in [2.45, 2.75) is 37.4 Å². The van der Waals surface area contributed by atoms with Crippen molar-refractivity contribution < 1.29 is 8.42 Å². The molecule has 1 N–H and O–H groups in total. The number of nitrogens with one attached hydrogen (secondary N) is 1. The van der Waals surface area contributed by atoms with E-state index >= 15 is 0 Å². The van der Waals surface area contributed by atoms with Gasteiger partial charge in [0.15, 0.2) is 5.03 Å². The third-order valence-corrected chi connectivity index (χ3v) is 6.01. The molecule has 0 aromatic carbocycles. The number of fused-ring (bicyclic) bond motifs is 1. The van der Waals surface area contributed by atoms with Crippen LogP contribution >= 0.6 is 0 Å². The highest BCUT2D eigenvalue weighted by Gasteiger charge is 2.44. The molecule has 3 heterocycles. The Hall–Kier alpha value is -0.920. The van der Waals surface area contributed by atoms with Crippen molar-refractivity contribution in [3.8, 4) is 0 Å². The summed E-state index contributed by atoms with van der Waals surface area (Å²) in [5.41, 5.74) is 0. The Balaban J connectivity index is 1.96. The van der Waals surface area contributed by atoms with E-state index in [9.17, 15) is 8.42 Å². The minimum absolute atomic E-state index is 0.0416. The summed E-state index contributed by atoms with van der Waals surface area (Å²) in [5, 5.41) is 7.73. The standard InChI is InChI=1S/C12H20N4O2S/c1-9(2)16-12(3-5-14-16)19(17,18)15-6-4-10-7-13-8-11(10)15/h3,5,9-11,13H,4,6-8H2,1-2H3. The van der Waals surface area contributed by atoms with E-state index < -0.39 is 10.0 Å². The molecule has 1 aromatic rings. The molecule has 2 unspecified atom stereocenters. The van der Waals surface area contributed by atoms with Gasteiger partial charge >= 0.3 is 0 Å². The van der Waals surface area contributed by atoms with Gasteiger partial charge in [-0.3, -0.25) is 4.68 Å². The zero-order chi connectivity index (χ0) is 13.6. The number of hydrogen-bond acceptors (Lipinski definition) is 4. The molecule has 19 heavy (non-hydrogen) atoms. The van der Waals surface area contributed by atoms with Gasteiger partial charge in [0.2, 0.25) is 0 Å². The zero-order valence-electron chi connectivity index (χ0n) is 11.3. The minimum atomic E-state index is -3.43. The third kappa shape index (κ3) is 2.00. The van der Waals surface area contributed by atoms with Crippen LogP contribution in [0.2, 0.25) is 0 Å². The van der Waals surface area contributed by atoms with Crippen molar-refractivity contribution >= 4 is 10.0 Å². The molecule has 2 aliphatic heterocycles. The summed E-state index contributed by atoms with van der Waals surface area (Å²) >= 11 is 0. The molecule has 0 radical (unpaired) electrons. The predicted octanol–water partition coefficient (Wildman–Crippen LogP) is 0.446. The third-order valence-electron chi connectivity index (χ3n) is 4.09. The van der Waals surface area contributed by atoms with Gasteiger partial charge in [0.1, 0.15) is 0 Å². The summed E-state index contributed by atoms with van der Waals surface area (Å²) in [5.74, 6) is 0.463. The van der Waals surface area contributed by atoms with E-state index in [2.05, 4.69) is 10.4 Å². The molecule has 0 spiro atoms. The average molecular weight is 284 g/mol. The fraction of sp³-hybridized carbons (Fsp3) is 0.750. The Kier molecular flexibility index (Phi) is 3.15. The van der Waals surface area contributed by atoms with Gasteiger partial charge in [-0.2, -0.15) is 9.40 Å². The lowest BCUT2D eigenvalue weighted by molar-refractivity contribution is 0.373. The quantitative estimate of drug-likeness (QED) is 0.875. The van der Waals surface area contributed by atoms with E-state index in [0.717, 1.165) is 19.5 Å². The molecular weight excluding hydrogens is 264 g/mol. The summed E-state index contributed by atoms with van der Waals surface area (Å²) in [4.78, 5) is 0. The van der Waals surface area contributed by atoms with Crippen molar-refractivity contribution in [3.05, 3.63) is 12.3 Å². The molecule has 7 heteroatoms. The summed E-state index contributed by atoms with van der Waals surface area (Å²) in [6.45, 7) is 6.20. The minimum Gasteiger partial charge on any atom is -0.315 e. The van der Waals surface area contributed by atoms with Crippen molar-refractivity contribution in [2.24, 2.45) is 5.92 Å². The fourth-order valence-electron chi connectivity index (χ4n) is 3.12. The first kappa shape index (κ1) is 13.1. The number of rotatable bonds is 3. The molecule has 2 atom stereocenters. The first-order valence-corrected chi connectivity index (χ1v) is 8.22. The topological polar surface area (TPSA) is 67.2 Å². The van der Waals surface area contributed by atoms with Gasteiger partial charge in [0.05, 0.1) is 6.20 Å². The zero-order valence-corrected chi connectivity index (χ0v) is 12.1. The maximum atomic E-state index is 12.8. The van der Waals surface area contributed by atoms with Crippen LogP contribution in [0.3, 0.4) is 0 Å². The second kappa shape index (κ2) is 4.57. The van der Waals surface area contributed by atoms with Crippen molar-refractivity contribution in [1.82, 2.24) is 19.4 Å².